The summed E-state index contributed by atoms with van der Waals surface area (Å²) in [4.78, 5) is 34.0. The highest BCUT2D eigenvalue weighted by molar-refractivity contribution is 9.10. The predicted octanol–water partition coefficient (Wildman–Crippen LogP) is 5.92. The summed E-state index contributed by atoms with van der Waals surface area (Å²) in [6.45, 7) is 13.3. The lowest BCUT2D eigenvalue weighted by Crippen LogP contribution is -2.40. The van der Waals surface area contributed by atoms with Gasteiger partial charge in [0.05, 0.1) is 34.6 Å². The molecular weight excluding hydrogens is 648 g/mol. The van der Waals surface area contributed by atoms with Crippen LogP contribution < -0.4 is 19.6 Å². The van der Waals surface area contributed by atoms with Crippen LogP contribution in [-0.2, 0) is 9.53 Å². The van der Waals surface area contributed by atoms with Gasteiger partial charge in [0.1, 0.15) is 22.9 Å². The molecule has 5 rings (SSSR count). The van der Waals surface area contributed by atoms with Crippen molar-refractivity contribution in [2.24, 2.45) is 4.99 Å². The largest absolute Gasteiger partial charge is 0.496 e. The van der Waals surface area contributed by atoms with Gasteiger partial charge in [0, 0.05) is 26.3 Å². The normalized spacial score (nSPS) is 15.0. The molecular formula is C32H31BrN4O4S2. The number of hydrogen-bond donors (Lipinski definition) is 0. The molecule has 0 amide bonds. The minimum absolute atomic E-state index is 0.275. The van der Waals surface area contributed by atoms with Crippen LogP contribution in [0.4, 0.5) is 0 Å². The molecule has 0 radical (unpaired) electrons. The molecule has 1 aliphatic heterocycles. The first kappa shape index (κ1) is 30.7. The van der Waals surface area contributed by atoms with Crippen LogP contribution >= 0.6 is 38.6 Å². The summed E-state index contributed by atoms with van der Waals surface area (Å²) < 4.78 is 16.2. The number of carbonyl (C=O) groups is 1. The van der Waals surface area contributed by atoms with Gasteiger partial charge in [-0.05, 0) is 89.9 Å². The molecule has 0 aliphatic carbocycles. The molecule has 0 N–H and O–H groups in total. The molecule has 1 aliphatic rings. The number of hydrogen-bond acceptors (Lipinski definition) is 8. The number of thiazole rings is 1. The fourth-order valence-electron chi connectivity index (χ4n) is 5.36. The number of nitrogens with zero attached hydrogens (tertiary/aromatic N) is 4. The van der Waals surface area contributed by atoms with E-state index in [0.717, 1.165) is 36.9 Å². The first-order valence-corrected chi connectivity index (χ1v) is 16.1. The lowest BCUT2D eigenvalue weighted by molar-refractivity contribution is -0.143. The zero-order chi connectivity index (χ0) is 31.3. The number of aryl methyl sites for hydroxylation is 2. The average molecular weight is 680 g/mol. The molecule has 0 saturated carbocycles. The summed E-state index contributed by atoms with van der Waals surface area (Å²) in [5, 5.41) is 10.7. The van der Waals surface area contributed by atoms with Crippen LogP contribution in [0.15, 0.2) is 49.8 Å². The summed E-state index contributed by atoms with van der Waals surface area (Å²) in [5.41, 5.74) is 5.52. The Kier molecular flexibility index (Phi) is 8.40. The van der Waals surface area contributed by atoms with Crippen LogP contribution in [0.25, 0.3) is 11.1 Å². The van der Waals surface area contributed by atoms with E-state index in [4.69, 9.17) is 14.5 Å². The van der Waals surface area contributed by atoms with Crippen molar-refractivity contribution < 1.29 is 14.3 Å². The first-order valence-electron chi connectivity index (χ1n) is 13.6. The maximum atomic E-state index is 14.2. The van der Waals surface area contributed by atoms with Gasteiger partial charge in [-0.3, -0.25) is 9.36 Å². The van der Waals surface area contributed by atoms with Crippen molar-refractivity contribution in [3.05, 3.63) is 98.2 Å². The first-order chi connectivity index (χ1) is 20.4. The molecule has 0 spiro atoms. The minimum atomic E-state index is -0.806. The van der Waals surface area contributed by atoms with Crippen LogP contribution in [0, 0.1) is 39.0 Å². The number of carbonyl (C=O) groups excluding carboxylic acids is 1. The highest BCUT2D eigenvalue weighted by Gasteiger charge is 2.35. The van der Waals surface area contributed by atoms with E-state index >= 15 is 0 Å². The molecule has 1 atom stereocenters. The molecule has 1 aromatic carbocycles. The van der Waals surface area contributed by atoms with E-state index in [9.17, 15) is 14.9 Å². The molecule has 4 heterocycles. The standard InChI is InChI=1S/C32H31BrN4O4S2/c1-15(2)41-31(39)27-18(5)35-32-37(28(27)23-13-22(33)9-10-25(23)40-8)29(38)26(43-32)12-21-11-16(3)36(19(21)6)30-24(14-34)17(4)20(7)42-30/h9-13,15,28H,1-8H3/b26-12-/t28-/m1/s1. The van der Waals surface area contributed by atoms with Crippen molar-refractivity contribution in [3.8, 4) is 16.8 Å². The van der Waals surface area contributed by atoms with E-state index in [2.05, 4.69) is 26.6 Å². The Morgan fingerprint density at radius 1 is 1.16 bits per heavy atom. The quantitative estimate of drug-likeness (QED) is 0.236. The third-order valence-electron chi connectivity index (χ3n) is 7.51. The van der Waals surface area contributed by atoms with E-state index in [1.54, 1.807) is 49.9 Å². The van der Waals surface area contributed by atoms with Crippen molar-refractivity contribution in [1.29, 1.82) is 5.26 Å². The molecule has 3 aromatic heterocycles. The number of esters is 1. The summed E-state index contributed by atoms with van der Waals surface area (Å²) >= 11 is 6.39. The van der Waals surface area contributed by atoms with Gasteiger partial charge in [-0.1, -0.05) is 27.3 Å². The van der Waals surface area contributed by atoms with Crippen molar-refractivity contribution in [2.75, 3.05) is 7.11 Å². The van der Waals surface area contributed by atoms with E-state index in [1.165, 1.54) is 11.3 Å². The smallest absolute Gasteiger partial charge is 0.338 e. The van der Waals surface area contributed by atoms with Crippen molar-refractivity contribution in [3.63, 3.8) is 0 Å². The molecule has 0 bridgehead atoms. The van der Waals surface area contributed by atoms with Gasteiger partial charge < -0.3 is 14.0 Å². The van der Waals surface area contributed by atoms with Crippen LogP contribution in [0.1, 0.15) is 65.3 Å². The van der Waals surface area contributed by atoms with Gasteiger partial charge in [0.15, 0.2) is 4.80 Å². The van der Waals surface area contributed by atoms with E-state index < -0.39 is 12.0 Å². The fourth-order valence-corrected chi connectivity index (χ4v) is 7.99. The molecule has 8 nitrogen and oxygen atoms in total. The Bertz CT molecular complexity index is 2050. The minimum Gasteiger partial charge on any atom is -0.496 e. The van der Waals surface area contributed by atoms with Gasteiger partial charge in [0.25, 0.3) is 5.56 Å². The molecule has 4 aromatic rings. The Hall–Kier alpha value is -3.72. The SMILES string of the molecule is COc1ccc(Br)cc1[C@@H]1C(C(=O)OC(C)C)=C(C)N=c2s/c(=C\c3cc(C)n(-c4sc(C)c(C)c4C#N)c3C)c(=O)n21. The maximum Gasteiger partial charge on any atom is 0.338 e. The maximum absolute atomic E-state index is 14.2. The fraction of sp³-hybridized carbons (Fsp3) is 0.312. The second kappa shape index (κ2) is 11.8. The predicted molar refractivity (Wildman–Crippen MR) is 173 cm³/mol. The number of ether oxygens (including phenoxy) is 2. The lowest BCUT2D eigenvalue weighted by atomic mass is 9.95. The highest BCUT2D eigenvalue weighted by atomic mass is 79.9. The number of halogens is 1. The Balaban J connectivity index is 1.74. The van der Waals surface area contributed by atoms with Crippen molar-refractivity contribution in [1.82, 2.24) is 9.13 Å². The summed E-state index contributed by atoms with van der Waals surface area (Å²) in [6, 6.07) is 9.07. The number of methoxy groups -OCH3 is 1. The van der Waals surface area contributed by atoms with Gasteiger partial charge >= 0.3 is 5.97 Å². The number of thiophene rings is 1. The Morgan fingerprint density at radius 2 is 1.88 bits per heavy atom. The molecule has 43 heavy (non-hydrogen) atoms. The summed E-state index contributed by atoms with van der Waals surface area (Å²) in [6.07, 6.45) is 1.51. The molecule has 222 valence electrons. The molecule has 0 saturated heterocycles. The van der Waals surface area contributed by atoms with Crippen molar-refractivity contribution >= 4 is 50.6 Å². The van der Waals surface area contributed by atoms with E-state index in [1.807, 2.05) is 52.0 Å². The number of aromatic nitrogens is 2. The van der Waals surface area contributed by atoms with Gasteiger partial charge in [-0.25, -0.2) is 9.79 Å². The second-order valence-corrected chi connectivity index (χ2v) is 13.8. The lowest BCUT2D eigenvalue weighted by Gasteiger charge is -2.26. The Morgan fingerprint density at radius 3 is 2.53 bits per heavy atom. The topological polar surface area (TPSA) is 98.6 Å². The van der Waals surface area contributed by atoms with Crippen LogP contribution in [-0.4, -0.2) is 28.3 Å². The van der Waals surface area contributed by atoms with Gasteiger partial charge in [-0.15, -0.1) is 11.3 Å². The number of benzene rings is 1. The summed E-state index contributed by atoms with van der Waals surface area (Å²) in [7, 11) is 1.56. The number of nitriles is 1. The average Bonchev–Trinajstić information content (AvgIpc) is 3.51. The van der Waals surface area contributed by atoms with Gasteiger partial charge in [-0.2, -0.15) is 5.26 Å². The second-order valence-electron chi connectivity index (χ2n) is 10.7. The zero-order valence-electron chi connectivity index (χ0n) is 25.2. The van der Waals surface area contributed by atoms with Crippen LogP contribution in [0.3, 0.4) is 0 Å². The third-order valence-corrected chi connectivity index (χ3v) is 10.2. The van der Waals surface area contributed by atoms with E-state index in [0.29, 0.717) is 31.9 Å². The number of fused-ring (bicyclic) bond motifs is 1. The van der Waals surface area contributed by atoms with Gasteiger partial charge in [0.2, 0.25) is 0 Å². The van der Waals surface area contributed by atoms with Crippen LogP contribution in [0.5, 0.6) is 5.75 Å². The molecule has 0 fully saturated rings. The Labute approximate surface area is 266 Å². The van der Waals surface area contributed by atoms with Crippen LogP contribution in [0.2, 0.25) is 0 Å². The number of allylic oxidation sites excluding steroid dienone is 1. The monoisotopic (exact) mass is 678 g/mol. The molecule has 0 unspecified atom stereocenters. The third kappa shape index (κ3) is 5.32. The number of rotatable bonds is 6. The van der Waals surface area contributed by atoms with E-state index in [-0.39, 0.29) is 17.2 Å². The zero-order valence-corrected chi connectivity index (χ0v) is 28.4. The molecule has 11 heteroatoms. The summed E-state index contributed by atoms with van der Waals surface area (Å²) in [5.74, 6) is 0.00152. The van der Waals surface area contributed by atoms with Crippen molar-refractivity contribution in [2.45, 2.75) is 60.6 Å². The highest BCUT2D eigenvalue weighted by Crippen LogP contribution is 2.38.